The van der Waals surface area contributed by atoms with Gasteiger partial charge in [-0.3, -0.25) is 9.59 Å². The molecule has 2 fully saturated rings. The molecule has 2 saturated heterocycles. The predicted molar refractivity (Wildman–Crippen MR) is 104 cm³/mol. The number of hydrogen-bond donors (Lipinski definition) is 3. The van der Waals surface area contributed by atoms with Gasteiger partial charge in [-0.15, -0.1) is 0 Å². The first-order chi connectivity index (χ1) is 13.2. The number of amides is 2. The molecule has 3 unspecified atom stereocenters. The Morgan fingerprint density at radius 2 is 1.48 bits per heavy atom. The highest BCUT2D eigenvalue weighted by Gasteiger charge is 2.35. The molecule has 2 aromatic carbocycles. The molecule has 0 saturated carbocycles. The first-order valence-electron chi connectivity index (χ1n) is 9.66. The number of fused-ring (bicyclic) bond motifs is 2. The second kappa shape index (κ2) is 7.92. The van der Waals surface area contributed by atoms with E-state index in [9.17, 15) is 9.59 Å². The van der Waals surface area contributed by atoms with E-state index in [0.29, 0.717) is 17.6 Å². The van der Waals surface area contributed by atoms with Crippen LogP contribution in [0.4, 0.5) is 0 Å². The van der Waals surface area contributed by atoms with E-state index in [-0.39, 0.29) is 17.9 Å². The highest BCUT2D eigenvalue weighted by molar-refractivity contribution is 5.97. The molecule has 4 rings (SSSR count). The van der Waals surface area contributed by atoms with Crippen molar-refractivity contribution in [2.24, 2.45) is 0 Å². The Bertz CT molecular complexity index is 782. The van der Waals surface area contributed by atoms with E-state index in [0.717, 1.165) is 18.4 Å². The molecule has 3 atom stereocenters. The summed E-state index contributed by atoms with van der Waals surface area (Å²) >= 11 is 0. The van der Waals surface area contributed by atoms with Gasteiger partial charge in [0.15, 0.2) is 0 Å². The number of benzene rings is 2. The Labute approximate surface area is 159 Å². The summed E-state index contributed by atoms with van der Waals surface area (Å²) in [5.41, 5.74) is 1.34. The standard InChI is InChI=1S/C22H25N3O2/c26-21(16-9-5-2-6-10-16)25-20(15-7-3-1-4-8-15)22(27)24-19-13-17-11-12-18(14-19)23-17/h1-10,17-20,23H,11-14H2,(H,24,27)(H,25,26). The second-order valence-corrected chi connectivity index (χ2v) is 7.50. The zero-order valence-corrected chi connectivity index (χ0v) is 15.2. The maximum absolute atomic E-state index is 13.1. The summed E-state index contributed by atoms with van der Waals surface area (Å²) in [4.78, 5) is 25.7. The second-order valence-electron chi connectivity index (χ2n) is 7.50. The molecule has 2 bridgehead atoms. The molecule has 27 heavy (non-hydrogen) atoms. The molecule has 5 nitrogen and oxygen atoms in total. The third-order valence-electron chi connectivity index (χ3n) is 5.53. The van der Waals surface area contributed by atoms with Crippen molar-refractivity contribution in [3.8, 4) is 0 Å². The third kappa shape index (κ3) is 4.19. The lowest BCUT2D eigenvalue weighted by molar-refractivity contribution is -0.124. The molecule has 3 N–H and O–H groups in total. The van der Waals surface area contributed by atoms with Crippen LogP contribution in [0.5, 0.6) is 0 Å². The Morgan fingerprint density at radius 3 is 2.11 bits per heavy atom. The van der Waals surface area contributed by atoms with E-state index in [1.165, 1.54) is 12.8 Å². The molecule has 0 radical (unpaired) electrons. The molecule has 2 aromatic rings. The Hall–Kier alpha value is -2.66. The van der Waals surface area contributed by atoms with Gasteiger partial charge in [0.25, 0.3) is 5.91 Å². The van der Waals surface area contributed by atoms with E-state index < -0.39 is 6.04 Å². The molecule has 2 heterocycles. The average molecular weight is 363 g/mol. The van der Waals surface area contributed by atoms with E-state index in [1.807, 2.05) is 48.5 Å². The lowest BCUT2D eigenvalue weighted by Gasteiger charge is -2.31. The number of carbonyl (C=O) groups is 2. The molecule has 0 aromatic heterocycles. The summed E-state index contributed by atoms with van der Waals surface area (Å²) in [5.74, 6) is -0.387. The number of nitrogens with one attached hydrogen (secondary N) is 3. The summed E-state index contributed by atoms with van der Waals surface area (Å²) in [5, 5.41) is 9.68. The van der Waals surface area contributed by atoms with Crippen molar-refractivity contribution in [2.45, 2.75) is 49.9 Å². The number of rotatable bonds is 5. The molecule has 140 valence electrons. The van der Waals surface area contributed by atoms with Gasteiger partial charge in [-0.25, -0.2) is 0 Å². The van der Waals surface area contributed by atoms with Crippen molar-refractivity contribution in [2.75, 3.05) is 0 Å². The van der Waals surface area contributed by atoms with Gasteiger partial charge in [-0.2, -0.15) is 0 Å². The largest absolute Gasteiger partial charge is 0.351 e. The van der Waals surface area contributed by atoms with E-state index >= 15 is 0 Å². The van der Waals surface area contributed by atoms with E-state index in [2.05, 4.69) is 16.0 Å². The molecule has 0 spiro atoms. The van der Waals surface area contributed by atoms with E-state index in [4.69, 9.17) is 0 Å². The van der Waals surface area contributed by atoms with Crippen LogP contribution in [0, 0.1) is 0 Å². The predicted octanol–water partition coefficient (Wildman–Crippen LogP) is 2.56. The van der Waals surface area contributed by atoms with Crippen molar-refractivity contribution < 1.29 is 9.59 Å². The van der Waals surface area contributed by atoms with Crippen LogP contribution in [0.15, 0.2) is 60.7 Å². The summed E-state index contributed by atoms with van der Waals surface area (Å²) < 4.78 is 0. The van der Waals surface area contributed by atoms with Gasteiger partial charge in [0.2, 0.25) is 5.91 Å². The van der Waals surface area contributed by atoms with Gasteiger partial charge in [0, 0.05) is 23.7 Å². The van der Waals surface area contributed by atoms with Crippen molar-refractivity contribution in [3.63, 3.8) is 0 Å². The van der Waals surface area contributed by atoms with Gasteiger partial charge in [0.05, 0.1) is 0 Å². The molecule has 2 aliphatic heterocycles. The summed E-state index contributed by atoms with van der Waals surface area (Å²) in [6.45, 7) is 0. The quantitative estimate of drug-likeness (QED) is 0.765. The Balaban J connectivity index is 1.49. The van der Waals surface area contributed by atoms with Crippen LogP contribution in [0.3, 0.4) is 0 Å². The average Bonchev–Trinajstić information content (AvgIpc) is 3.05. The SMILES string of the molecule is O=C(NC(C(=O)NC1CC2CCC(C1)N2)c1ccccc1)c1ccccc1. The van der Waals surface area contributed by atoms with Crippen LogP contribution in [0.25, 0.3) is 0 Å². The van der Waals surface area contributed by atoms with Gasteiger partial charge in [-0.05, 0) is 43.4 Å². The normalized spacial score (nSPS) is 24.8. The lowest BCUT2D eigenvalue weighted by Crippen LogP contribution is -2.50. The van der Waals surface area contributed by atoms with Gasteiger partial charge in [0.1, 0.15) is 6.04 Å². The molecule has 2 aliphatic rings. The van der Waals surface area contributed by atoms with Gasteiger partial charge in [-0.1, -0.05) is 48.5 Å². The topological polar surface area (TPSA) is 70.2 Å². The molecule has 5 heteroatoms. The van der Waals surface area contributed by atoms with Crippen LogP contribution in [-0.2, 0) is 4.79 Å². The Kier molecular flexibility index (Phi) is 5.21. The maximum Gasteiger partial charge on any atom is 0.252 e. The zero-order chi connectivity index (χ0) is 18.6. The molecule has 0 aliphatic carbocycles. The minimum Gasteiger partial charge on any atom is -0.351 e. The van der Waals surface area contributed by atoms with Gasteiger partial charge < -0.3 is 16.0 Å². The van der Waals surface area contributed by atoms with Gasteiger partial charge >= 0.3 is 0 Å². The third-order valence-corrected chi connectivity index (χ3v) is 5.53. The van der Waals surface area contributed by atoms with Crippen molar-refractivity contribution in [1.29, 1.82) is 0 Å². The van der Waals surface area contributed by atoms with Crippen LogP contribution in [-0.4, -0.2) is 29.9 Å². The number of carbonyl (C=O) groups excluding carboxylic acids is 2. The first kappa shape index (κ1) is 17.7. The fourth-order valence-corrected chi connectivity index (χ4v) is 4.21. The maximum atomic E-state index is 13.1. The lowest BCUT2D eigenvalue weighted by atomic mass is 9.98. The highest BCUT2D eigenvalue weighted by Crippen LogP contribution is 2.27. The summed E-state index contributed by atoms with van der Waals surface area (Å²) in [6, 6.07) is 18.9. The minimum absolute atomic E-state index is 0.142. The van der Waals surface area contributed by atoms with Crippen LogP contribution < -0.4 is 16.0 Å². The summed E-state index contributed by atoms with van der Waals surface area (Å²) in [6.07, 6.45) is 4.28. The minimum atomic E-state index is -0.702. The zero-order valence-electron chi connectivity index (χ0n) is 15.2. The molecular formula is C22H25N3O2. The van der Waals surface area contributed by atoms with Crippen molar-refractivity contribution >= 4 is 11.8 Å². The molecule has 2 amide bonds. The van der Waals surface area contributed by atoms with Crippen LogP contribution in [0.1, 0.15) is 47.6 Å². The van der Waals surface area contributed by atoms with E-state index in [1.54, 1.807) is 12.1 Å². The monoisotopic (exact) mass is 363 g/mol. The fraction of sp³-hybridized carbons (Fsp3) is 0.364. The smallest absolute Gasteiger partial charge is 0.252 e. The van der Waals surface area contributed by atoms with Crippen LogP contribution >= 0.6 is 0 Å². The number of hydrogen-bond acceptors (Lipinski definition) is 3. The highest BCUT2D eigenvalue weighted by atomic mass is 16.2. The first-order valence-corrected chi connectivity index (χ1v) is 9.66. The molecular weight excluding hydrogens is 338 g/mol. The van der Waals surface area contributed by atoms with Crippen LogP contribution in [0.2, 0.25) is 0 Å². The van der Waals surface area contributed by atoms with Crippen molar-refractivity contribution in [3.05, 3.63) is 71.8 Å². The summed E-state index contributed by atoms with van der Waals surface area (Å²) in [7, 11) is 0. The van der Waals surface area contributed by atoms with Crippen molar-refractivity contribution in [1.82, 2.24) is 16.0 Å². The number of piperidine rings is 1. The Morgan fingerprint density at radius 1 is 0.889 bits per heavy atom. The fourth-order valence-electron chi connectivity index (χ4n) is 4.21.